The Balaban J connectivity index is 1.62. The van der Waals surface area contributed by atoms with Gasteiger partial charge in [-0.05, 0) is 54.1 Å². The molecule has 0 heterocycles. The van der Waals surface area contributed by atoms with Crippen LogP contribution in [-0.2, 0) is 11.3 Å². The van der Waals surface area contributed by atoms with Crippen LogP contribution < -0.4 is 4.74 Å². The van der Waals surface area contributed by atoms with E-state index >= 15 is 0 Å². The molecule has 0 amide bonds. The van der Waals surface area contributed by atoms with Crippen molar-refractivity contribution in [2.75, 3.05) is 6.61 Å². The summed E-state index contributed by atoms with van der Waals surface area (Å²) in [6.07, 6.45) is 0. The Morgan fingerprint density at radius 3 is 2.29 bits per heavy atom. The van der Waals surface area contributed by atoms with Crippen LogP contribution in [0, 0.1) is 5.82 Å². The summed E-state index contributed by atoms with van der Waals surface area (Å²) in [7, 11) is 0. The third-order valence-corrected chi connectivity index (χ3v) is 4.17. The normalized spacial score (nSPS) is 10.4. The van der Waals surface area contributed by atoms with Crippen LogP contribution in [0.2, 0.25) is 5.02 Å². The number of carbonyl (C=O) groups is 2. The molecule has 0 radical (unpaired) electrons. The molecule has 0 fully saturated rings. The van der Waals surface area contributed by atoms with Crippen LogP contribution in [0.25, 0.3) is 0 Å². The third kappa shape index (κ3) is 5.18. The van der Waals surface area contributed by atoms with Crippen LogP contribution >= 0.6 is 11.6 Å². The molecular formula is C22H16ClFO4. The van der Waals surface area contributed by atoms with Gasteiger partial charge >= 0.3 is 5.97 Å². The first-order chi connectivity index (χ1) is 13.5. The van der Waals surface area contributed by atoms with Gasteiger partial charge in [0.2, 0.25) is 0 Å². The lowest BCUT2D eigenvalue weighted by Gasteiger charge is -2.11. The number of para-hydroxylation sites is 1. The van der Waals surface area contributed by atoms with Gasteiger partial charge in [-0.25, -0.2) is 9.18 Å². The van der Waals surface area contributed by atoms with Crippen LogP contribution in [0.4, 0.5) is 4.39 Å². The molecule has 0 saturated carbocycles. The SMILES string of the molecule is O=C(COC(=O)c1ccccc1OCc1ccc(Cl)cc1)c1ccc(F)cc1. The van der Waals surface area contributed by atoms with Gasteiger partial charge < -0.3 is 9.47 Å². The lowest BCUT2D eigenvalue weighted by atomic mass is 10.1. The zero-order chi connectivity index (χ0) is 19.9. The first-order valence-electron chi connectivity index (χ1n) is 8.45. The molecule has 0 unspecified atom stereocenters. The highest BCUT2D eigenvalue weighted by Crippen LogP contribution is 2.21. The van der Waals surface area contributed by atoms with Crippen molar-refractivity contribution in [1.29, 1.82) is 0 Å². The Kier molecular flexibility index (Phi) is 6.40. The molecule has 142 valence electrons. The number of Topliss-reactive ketones (excluding diaryl/α,β-unsaturated/α-hetero) is 1. The lowest BCUT2D eigenvalue weighted by molar-refractivity contribution is 0.0470. The minimum absolute atomic E-state index is 0.211. The maximum absolute atomic E-state index is 12.9. The fourth-order valence-corrected chi connectivity index (χ4v) is 2.56. The fraction of sp³-hybridized carbons (Fsp3) is 0.0909. The molecule has 3 aromatic carbocycles. The Morgan fingerprint density at radius 2 is 1.57 bits per heavy atom. The molecule has 0 N–H and O–H groups in total. The molecule has 0 bridgehead atoms. The number of rotatable bonds is 7. The maximum atomic E-state index is 12.9. The predicted molar refractivity (Wildman–Crippen MR) is 103 cm³/mol. The second kappa shape index (κ2) is 9.15. The van der Waals surface area contributed by atoms with Crippen molar-refractivity contribution in [2.45, 2.75) is 6.61 Å². The van der Waals surface area contributed by atoms with Gasteiger partial charge in [0.25, 0.3) is 0 Å². The van der Waals surface area contributed by atoms with Gasteiger partial charge in [-0.1, -0.05) is 35.9 Å². The zero-order valence-corrected chi connectivity index (χ0v) is 15.5. The standard InChI is InChI=1S/C22H16ClFO4/c23-17-9-5-15(6-10-17)13-27-21-4-2-1-3-19(21)22(26)28-14-20(25)16-7-11-18(24)12-8-16/h1-12H,13-14H2. The van der Waals surface area contributed by atoms with Gasteiger partial charge in [-0.3, -0.25) is 4.79 Å². The molecule has 0 aliphatic rings. The van der Waals surface area contributed by atoms with Crippen molar-refractivity contribution in [2.24, 2.45) is 0 Å². The Bertz CT molecular complexity index is 969. The topological polar surface area (TPSA) is 52.6 Å². The number of ether oxygens (including phenoxy) is 2. The van der Waals surface area contributed by atoms with Crippen molar-refractivity contribution in [3.8, 4) is 5.75 Å². The lowest BCUT2D eigenvalue weighted by Crippen LogP contribution is -2.15. The quantitative estimate of drug-likeness (QED) is 0.410. The average molecular weight is 399 g/mol. The molecule has 3 rings (SSSR count). The van der Waals surface area contributed by atoms with E-state index in [2.05, 4.69) is 0 Å². The van der Waals surface area contributed by atoms with E-state index in [4.69, 9.17) is 21.1 Å². The molecule has 4 nitrogen and oxygen atoms in total. The van der Waals surface area contributed by atoms with Crippen LogP contribution in [0.15, 0.2) is 72.8 Å². The Hall–Kier alpha value is -3.18. The fourth-order valence-electron chi connectivity index (χ4n) is 2.43. The van der Waals surface area contributed by atoms with Gasteiger partial charge in [0.1, 0.15) is 23.7 Å². The highest BCUT2D eigenvalue weighted by molar-refractivity contribution is 6.30. The van der Waals surface area contributed by atoms with E-state index in [0.29, 0.717) is 10.8 Å². The van der Waals surface area contributed by atoms with E-state index in [9.17, 15) is 14.0 Å². The van der Waals surface area contributed by atoms with Crippen LogP contribution in [0.1, 0.15) is 26.3 Å². The predicted octanol–water partition coefficient (Wildman–Crippen LogP) is 5.10. The summed E-state index contributed by atoms with van der Waals surface area (Å²) < 4.78 is 23.7. The Labute approximate surface area is 166 Å². The number of hydrogen-bond acceptors (Lipinski definition) is 4. The highest BCUT2D eigenvalue weighted by Gasteiger charge is 2.16. The molecule has 0 aliphatic heterocycles. The van der Waals surface area contributed by atoms with Gasteiger partial charge in [-0.2, -0.15) is 0 Å². The number of halogens is 2. The molecule has 0 aliphatic carbocycles. The van der Waals surface area contributed by atoms with Crippen molar-refractivity contribution in [3.05, 3.63) is 100 Å². The van der Waals surface area contributed by atoms with Crippen molar-refractivity contribution < 1.29 is 23.5 Å². The molecule has 3 aromatic rings. The number of esters is 1. The van der Waals surface area contributed by atoms with Crippen molar-refractivity contribution in [3.63, 3.8) is 0 Å². The first kappa shape index (κ1) is 19.6. The summed E-state index contributed by atoms with van der Waals surface area (Å²) in [4.78, 5) is 24.5. The molecule has 0 aromatic heterocycles. The second-order valence-corrected chi connectivity index (χ2v) is 6.35. The minimum Gasteiger partial charge on any atom is -0.488 e. The molecule has 0 atom stereocenters. The molecule has 0 spiro atoms. The summed E-state index contributed by atoms with van der Waals surface area (Å²) in [6.45, 7) is -0.202. The second-order valence-electron chi connectivity index (χ2n) is 5.92. The average Bonchev–Trinajstić information content (AvgIpc) is 2.72. The number of benzene rings is 3. The largest absolute Gasteiger partial charge is 0.488 e. The van der Waals surface area contributed by atoms with E-state index in [1.165, 1.54) is 24.3 Å². The molecule has 6 heteroatoms. The van der Waals surface area contributed by atoms with Crippen LogP contribution in [-0.4, -0.2) is 18.4 Å². The van der Waals surface area contributed by atoms with E-state index < -0.39 is 24.2 Å². The van der Waals surface area contributed by atoms with Gasteiger partial charge in [0.15, 0.2) is 12.4 Å². The zero-order valence-electron chi connectivity index (χ0n) is 14.7. The van der Waals surface area contributed by atoms with Crippen molar-refractivity contribution >= 4 is 23.4 Å². The van der Waals surface area contributed by atoms with E-state index in [-0.39, 0.29) is 17.7 Å². The summed E-state index contributed by atoms with van der Waals surface area (Å²) in [5.41, 5.74) is 1.36. The summed E-state index contributed by atoms with van der Waals surface area (Å²) in [6, 6.07) is 18.8. The molecule has 0 saturated heterocycles. The summed E-state index contributed by atoms with van der Waals surface area (Å²) in [5, 5.41) is 0.624. The van der Waals surface area contributed by atoms with Crippen molar-refractivity contribution in [1.82, 2.24) is 0 Å². The van der Waals surface area contributed by atoms with E-state index in [0.717, 1.165) is 5.56 Å². The van der Waals surface area contributed by atoms with Gasteiger partial charge in [0.05, 0.1) is 0 Å². The van der Waals surface area contributed by atoms with Crippen LogP contribution in [0.5, 0.6) is 5.75 Å². The van der Waals surface area contributed by atoms with Gasteiger partial charge in [-0.15, -0.1) is 0 Å². The monoisotopic (exact) mass is 398 g/mol. The number of carbonyl (C=O) groups excluding carboxylic acids is 2. The highest BCUT2D eigenvalue weighted by atomic mass is 35.5. The minimum atomic E-state index is -0.679. The first-order valence-corrected chi connectivity index (χ1v) is 8.83. The maximum Gasteiger partial charge on any atom is 0.342 e. The van der Waals surface area contributed by atoms with Crippen LogP contribution in [0.3, 0.4) is 0 Å². The smallest absolute Gasteiger partial charge is 0.342 e. The third-order valence-electron chi connectivity index (χ3n) is 3.92. The van der Waals surface area contributed by atoms with E-state index in [1.54, 1.807) is 36.4 Å². The Morgan fingerprint density at radius 1 is 0.893 bits per heavy atom. The number of ketones is 1. The summed E-state index contributed by atoms with van der Waals surface area (Å²) in [5.74, 6) is -1.20. The molecule has 28 heavy (non-hydrogen) atoms. The van der Waals surface area contributed by atoms with E-state index in [1.807, 2.05) is 12.1 Å². The molecular weight excluding hydrogens is 383 g/mol. The number of hydrogen-bond donors (Lipinski definition) is 0. The van der Waals surface area contributed by atoms with Gasteiger partial charge in [0, 0.05) is 10.6 Å². The summed E-state index contributed by atoms with van der Waals surface area (Å²) >= 11 is 5.86.